The Hall–Kier alpha value is -2.90. The van der Waals surface area contributed by atoms with Crippen molar-refractivity contribution in [1.29, 1.82) is 0 Å². The zero-order valence-corrected chi connectivity index (χ0v) is 28.6. The topological polar surface area (TPSA) is 150 Å². The number of hydrogen-bond donors (Lipinski definition) is 4. The van der Waals surface area contributed by atoms with Crippen molar-refractivity contribution in [2.75, 3.05) is 39.4 Å². The standard InChI is InChI=1S/C34H52N6O5S/c1-23-30(46-22-37-23)25-10-8-24(9-11-25)19-36-32(43)28-18-27(41)20-40(28)33(44)31(34(2,3)4)38-29(42)21-45-17-7-5-6-14-39-15-12-26(35)13-16-39/h8-11,22,26-28,31,41H,5-7,12-21,35H2,1-4H3,(H,36,43)(H,38,42)/t27-,28+,31-/m1/s1. The number of aliphatic hydroxyl groups excluding tert-OH is 1. The number of piperidine rings is 1. The number of unbranched alkanes of at least 4 members (excludes halogenated alkanes) is 2. The van der Waals surface area contributed by atoms with Crippen LogP contribution in [-0.4, -0.2) is 101 Å². The predicted octanol–water partition coefficient (Wildman–Crippen LogP) is 2.84. The van der Waals surface area contributed by atoms with E-state index in [1.54, 1.807) is 11.3 Å². The number of carbonyl (C=O) groups is 3. The Balaban J connectivity index is 1.23. The summed E-state index contributed by atoms with van der Waals surface area (Å²) in [4.78, 5) is 49.2. The number of nitrogens with zero attached hydrogens (tertiary/aromatic N) is 3. The van der Waals surface area contributed by atoms with Crippen molar-refractivity contribution in [1.82, 2.24) is 25.4 Å². The number of amides is 3. The van der Waals surface area contributed by atoms with Crippen LogP contribution in [0.2, 0.25) is 0 Å². The van der Waals surface area contributed by atoms with Gasteiger partial charge in [-0.25, -0.2) is 4.98 Å². The third-order valence-electron chi connectivity index (χ3n) is 8.84. The quantitative estimate of drug-likeness (QED) is 0.227. The van der Waals surface area contributed by atoms with E-state index < -0.39 is 23.6 Å². The summed E-state index contributed by atoms with van der Waals surface area (Å²) in [6, 6.07) is 6.55. The number of benzene rings is 1. The summed E-state index contributed by atoms with van der Waals surface area (Å²) in [5, 5.41) is 16.2. The summed E-state index contributed by atoms with van der Waals surface area (Å²) >= 11 is 1.59. The molecule has 0 spiro atoms. The van der Waals surface area contributed by atoms with Crippen LogP contribution in [0, 0.1) is 12.3 Å². The lowest BCUT2D eigenvalue weighted by atomic mass is 9.85. The minimum absolute atomic E-state index is 0.0308. The number of likely N-dealkylation sites (tertiary alicyclic amines) is 2. The Morgan fingerprint density at radius 2 is 1.85 bits per heavy atom. The van der Waals surface area contributed by atoms with Crippen molar-refractivity contribution in [2.24, 2.45) is 11.1 Å². The molecule has 3 atom stereocenters. The van der Waals surface area contributed by atoms with E-state index in [-0.39, 0.29) is 37.3 Å². The summed E-state index contributed by atoms with van der Waals surface area (Å²) in [6.07, 6.45) is 4.40. The van der Waals surface area contributed by atoms with Gasteiger partial charge in [-0.3, -0.25) is 14.4 Å². The second-order valence-corrected chi connectivity index (χ2v) is 14.6. The molecule has 46 heavy (non-hydrogen) atoms. The van der Waals surface area contributed by atoms with Crippen molar-refractivity contribution in [3.63, 3.8) is 0 Å². The van der Waals surface area contributed by atoms with Crippen LogP contribution >= 0.6 is 11.3 Å². The number of ether oxygens (including phenoxy) is 1. The van der Waals surface area contributed by atoms with Crippen molar-refractivity contribution in [3.05, 3.63) is 41.0 Å². The van der Waals surface area contributed by atoms with Crippen molar-refractivity contribution < 1.29 is 24.2 Å². The fraction of sp³-hybridized carbons (Fsp3) is 0.647. The van der Waals surface area contributed by atoms with Gasteiger partial charge in [-0.15, -0.1) is 11.3 Å². The second-order valence-electron chi connectivity index (χ2n) is 13.7. The van der Waals surface area contributed by atoms with Crippen LogP contribution in [0.1, 0.15) is 70.6 Å². The number of nitrogens with two attached hydrogens (primary N) is 1. The zero-order valence-electron chi connectivity index (χ0n) is 27.8. The molecule has 0 bridgehead atoms. The molecule has 0 saturated carbocycles. The molecular formula is C34H52N6O5S. The lowest BCUT2D eigenvalue weighted by Gasteiger charge is -2.35. The minimum Gasteiger partial charge on any atom is -0.391 e. The molecule has 5 N–H and O–H groups in total. The molecule has 2 fully saturated rings. The normalized spacial score (nSPS) is 20.1. The van der Waals surface area contributed by atoms with Gasteiger partial charge in [-0.2, -0.15) is 0 Å². The van der Waals surface area contributed by atoms with E-state index in [0.717, 1.165) is 73.4 Å². The first-order valence-corrected chi connectivity index (χ1v) is 17.4. The Morgan fingerprint density at radius 1 is 1.13 bits per heavy atom. The van der Waals surface area contributed by atoms with Crippen LogP contribution in [0.3, 0.4) is 0 Å². The first kappa shape index (κ1) is 35.9. The van der Waals surface area contributed by atoms with Crippen molar-refractivity contribution in [3.8, 4) is 10.4 Å². The van der Waals surface area contributed by atoms with E-state index in [1.165, 1.54) is 4.90 Å². The van der Waals surface area contributed by atoms with Gasteiger partial charge in [0, 0.05) is 32.2 Å². The molecule has 3 heterocycles. The summed E-state index contributed by atoms with van der Waals surface area (Å²) in [6.45, 7) is 11.4. The molecule has 2 aliphatic heterocycles. The molecule has 2 aliphatic rings. The molecule has 254 valence electrons. The Morgan fingerprint density at radius 3 is 2.50 bits per heavy atom. The lowest BCUT2D eigenvalue weighted by molar-refractivity contribution is -0.144. The highest BCUT2D eigenvalue weighted by Crippen LogP contribution is 2.28. The Labute approximate surface area is 277 Å². The number of β-amino-alcohol motifs (C(OH)–C–C–N with tert-alkyl or cyclic N) is 1. The summed E-state index contributed by atoms with van der Waals surface area (Å²) in [7, 11) is 0. The fourth-order valence-corrected chi connectivity index (χ4v) is 6.85. The maximum atomic E-state index is 13.8. The van der Waals surface area contributed by atoms with Crippen LogP contribution in [-0.2, 0) is 25.7 Å². The van der Waals surface area contributed by atoms with Gasteiger partial charge in [-0.05, 0) is 75.2 Å². The molecule has 0 radical (unpaired) electrons. The van der Waals surface area contributed by atoms with Gasteiger partial charge in [0.15, 0.2) is 0 Å². The molecule has 1 aromatic heterocycles. The Bertz CT molecular complexity index is 1290. The third kappa shape index (κ3) is 10.3. The molecule has 4 rings (SSSR count). The number of aromatic nitrogens is 1. The highest BCUT2D eigenvalue weighted by Gasteiger charge is 2.44. The number of aryl methyl sites for hydroxylation is 1. The second kappa shape index (κ2) is 16.8. The number of aliphatic hydroxyl groups is 1. The fourth-order valence-electron chi connectivity index (χ4n) is 6.04. The van der Waals surface area contributed by atoms with Crippen molar-refractivity contribution in [2.45, 2.75) is 97.0 Å². The molecular weight excluding hydrogens is 604 g/mol. The van der Waals surface area contributed by atoms with Crippen molar-refractivity contribution >= 4 is 29.1 Å². The average Bonchev–Trinajstić information content (AvgIpc) is 3.63. The first-order valence-electron chi connectivity index (χ1n) is 16.5. The van der Waals surface area contributed by atoms with E-state index in [9.17, 15) is 19.5 Å². The number of carbonyl (C=O) groups excluding carboxylic acids is 3. The van der Waals surface area contributed by atoms with Gasteiger partial charge >= 0.3 is 0 Å². The molecule has 0 aliphatic carbocycles. The Kier molecular flexibility index (Phi) is 13.1. The SMILES string of the molecule is Cc1ncsc1-c1ccc(CNC(=O)[C@@H]2C[C@@H](O)CN2C(=O)[C@@H](NC(=O)COCCCCCN2CCC(N)CC2)C(C)(C)C)cc1. The van der Waals surface area contributed by atoms with E-state index >= 15 is 0 Å². The van der Waals surface area contributed by atoms with Crippen LogP contribution in [0.4, 0.5) is 0 Å². The number of rotatable bonds is 14. The summed E-state index contributed by atoms with van der Waals surface area (Å²) < 4.78 is 5.63. The van der Waals surface area contributed by atoms with E-state index in [2.05, 4.69) is 20.5 Å². The molecule has 0 unspecified atom stereocenters. The molecule has 3 amide bonds. The van der Waals surface area contributed by atoms with Gasteiger partial charge in [0.2, 0.25) is 17.7 Å². The van der Waals surface area contributed by atoms with Gasteiger partial charge in [0.05, 0.1) is 22.2 Å². The zero-order chi connectivity index (χ0) is 33.3. The molecule has 11 nitrogen and oxygen atoms in total. The smallest absolute Gasteiger partial charge is 0.246 e. The van der Waals surface area contributed by atoms with Gasteiger partial charge in [0.1, 0.15) is 18.7 Å². The molecule has 2 aromatic rings. The summed E-state index contributed by atoms with van der Waals surface area (Å²) in [5.74, 6) is -1.10. The lowest BCUT2D eigenvalue weighted by Crippen LogP contribution is -2.58. The number of hydrogen-bond acceptors (Lipinski definition) is 9. The third-order valence-corrected chi connectivity index (χ3v) is 9.82. The van der Waals surface area contributed by atoms with Gasteiger partial charge < -0.3 is 36.0 Å². The van der Waals surface area contributed by atoms with Crippen LogP contribution < -0.4 is 16.4 Å². The van der Waals surface area contributed by atoms with E-state index in [4.69, 9.17) is 10.5 Å². The van der Waals surface area contributed by atoms with Crippen LogP contribution in [0.25, 0.3) is 10.4 Å². The van der Waals surface area contributed by atoms with Crippen LogP contribution in [0.15, 0.2) is 29.8 Å². The van der Waals surface area contributed by atoms with E-state index in [1.807, 2.05) is 57.5 Å². The van der Waals surface area contributed by atoms with Gasteiger partial charge in [-0.1, -0.05) is 45.0 Å². The molecule has 1 aromatic carbocycles. The maximum Gasteiger partial charge on any atom is 0.246 e. The average molecular weight is 657 g/mol. The monoisotopic (exact) mass is 656 g/mol. The van der Waals surface area contributed by atoms with E-state index in [0.29, 0.717) is 19.2 Å². The largest absolute Gasteiger partial charge is 0.391 e. The molecule has 2 saturated heterocycles. The summed E-state index contributed by atoms with van der Waals surface area (Å²) in [5.41, 5.74) is 10.1. The maximum absolute atomic E-state index is 13.8. The highest BCUT2D eigenvalue weighted by atomic mass is 32.1. The van der Waals surface area contributed by atoms with Crippen LogP contribution in [0.5, 0.6) is 0 Å². The minimum atomic E-state index is -0.885. The first-order chi connectivity index (χ1) is 21.9. The number of thiazole rings is 1. The number of nitrogens with one attached hydrogen (secondary N) is 2. The highest BCUT2D eigenvalue weighted by molar-refractivity contribution is 7.13. The predicted molar refractivity (Wildman–Crippen MR) is 180 cm³/mol. The molecule has 12 heteroatoms. The van der Waals surface area contributed by atoms with Gasteiger partial charge in [0.25, 0.3) is 0 Å².